The van der Waals surface area contributed by atoms with E-state index >= 15 is 0 Å². The third-order valence-electron chi connectivity index (χ3n) is 4.55. The Balaban J connectivity index is 1.90. The maximum absolute atomic E-state index is 13.1. The summed E-state index contributed by atoms with van der Waals surface area (Å²) in [5.41, 5.74) is 1.64. The van der Waals surface area contributed by atoms with Crippen LogP contribution in [0.4, 0.5) is 4.39 Å². The fourth-order valence-corrected chi connectivity index (χ4v) is 4.91. The van der Waals surface area contributed by atoms with Crippen LogP contribution in [-0.4, -0.2) is 53.1 Å². The standard InChI is InChI=1S/C18H20FN3O3S/c1-3-9-21(16-8-10-26(24,25)12-16)18(23)17-11-20-22(13(17)2)15-6-4-14(19)5-7-15/h3-7,11,16H,1,8-10,12H2,2H3. The molecule has 0 N–H and O–H groups in total. The molecule has 2 aromatic rings. The lowest BCUT2D eigenvalue weighted by atomic mass is 10.1. The summed E-state index contributed by atoms with van der Waals surface area (Å²) >= 11 is 0. The van der Waals surface area contributed by atoms with E-state index in [1.165, 1.54) is 23.2 Å². The minimum Gasteiger partial charge on any atom is -0.331 e. The van der Waals surface area contributed by atoms with E-state index in [0.717, 1.165) is 0 Å². The molecule has 1 aromatic heterocycles. The van der Waals surface area contributed by atoms with Gasteiger partial charge in [-0.15, -0.1) is 6.58 Å². The van der Waals surface area contributed by atoms with Gasteiger partial charge in [0.25, 0.3) is 5.91 Å². The van der Waals surface area contributed by atoms with Gasteiger partial charge in [-0.05, 0) is 37.6 Å². The highest BCUT2D eigenvalue weighted by molar-refractivity contribution is 7.91. The van der Waals surface area contributed by atoms with Crippen molar-refractivity contribution in [3.05, 3.63) is 60.2 Å². The Hall–Kier alpha value is -2.48. The Bertz CT molecular complexity index is 935. The van der Waals surface area contributed by atoms with Gasteiger partial charge < -0.3 is 4.90 Å². The van der Waals surface area contributed by atoms with E-state index in [2.05, 4.69) is 11.7 Å². The average molecular weight is 377 g/mol. The Morgan fingerprint density at radius 3 is 2.69 bits per heavy atom. The molecule has 2 heterocycles. The number of sulfone groups is 1. The van der Waals surface area contributed by atoms with Crippen LogP contribution in [0.5, 0.6) is 0 Å². The molecule has 8 heteroatoms. The first-order valence-electron chi connectivity index (χ1n) is 8.25. The number of aromatic nitrogens is 2. The van der Waals surface area contributed by atoms with Crippen LogP contribution in [0, 0.1) is 12.7 Å². The molecule has 0 aliphatic carbocycles. The Morgan fingerprint density at radius 2 is 2.12 bits per heavy atom. The number of benzene rings is 1. The molecule has 1 unspecified atom stereocenters. The zero-order chi connectivity index (χ0) is 18.9. The van der Waals surface area contributed by atoms with Gasteiger partial charge in [0.15, 0.2) is 9.84 Å². The first kappa shape index (κ1) is 18.3. The molecule has 0 saturated carbocycles. The lowest BCUT2D eigenvalue weighted by molar-refractivity contribution is 0.0720. The van der Waals surface area contributed by atoms with Crippen LogP contribution in [0.1, 0.15) is 22.5 Å². The predicted octanol–water partition coefficient (Wildman–Crippen LogP) is 2.14. The van der Waals surface area contributed by atoms with Gasteiger partial charge in [0, 0.05) is 12.6 Å². The number of amides is 1. The zero-order valence-electron chi connectivity index (χ0n) is 14.4. The second-order valence-corrected chi connectivity index (χ2v) is 8.56. The van der Waals surface area contributed by atoms with Crippen LogP contribution in [-0.2, 0) is 9.84 Å². The first-order chi connectivity index (χ1) is 12.3. The molecule has 0 bridgehead atoms. The summed E-state index contributed by atoms with van der Waals surface area (Å²) in [7, 11) is -3.11. The number of hydrogen-bond donors (Lipinski definition) is 0. The van der Waals surface area contributed by atoms with Crippen molar-refractivity contribution in [2.75, 3.05) is 18.1 Å². The number of nitrogens with zero attached hydrogens (tertiary/aromatic N) is 3. The van der Waals surface area contributed by atoms with Gasteiger partial charge in [0.2, 0.25) is 0 Å². The minimum atomic E-state index is -3.11. The van der Waals surface area contributed by atoms with Crippen LogP contribution in [0.15, 0.2) is 43.1 Å². The molecule has 3 rings (SSSR count). The van der Waals surface area contributed by atoms with Gasteiger partial charge in [-0.2, -0.15) is 5.10 Å². The summed E-state index contributed by atoms with van der Waals surface area (Å²) in [5, 5.41) is 4.24. The Kier molecular flexibility index (Phi) is 4.95. The van der Waals surface area contributed by atoms with Gasteiger partial charge in [-0.25, -0.2) is 17.5 Å². The Labute approximate surface area is 151 Å². The normalized spacial score (nSPS) is 18.6. The molecule has 0 radical (unpaired) electrons. The topological polar surface area (TPSA) is 72.3 Å². The van der Waals surface area contributed by atoms with Crippen molar-refractivity contribution in [2.45, 2.75) is 19.4 Å². The lowest BCUT2D eigenvalue weighted by Crippen LogP contribution is -2.41. The molecule has 1 aromatic carbocycles. The quantitative estimate of drug-likeness (QED) is 0.749. The second kappa shape index (κ2) is 7.03. The fraction of sp³-hybridized carbons (Fsp3) is 0.333. The van der Waals surface area contributed by atoms with Crippen molar-refractivity contribution in [1.82, 2.24) is 14.7 Å². The minimum absolute atomic E-state index is 0.0300. The number of rotatable bonds is 5. The number of halogens is 1. The van der Waals surface area contributed by atoms with E-state index in [1.54, 1.807) is 29.8 Å². The summed E-state index contributed by atoms with van der Waals surface area (Å²) in [4.78, 5) is 14.6. The van der Waals surface area contributed by atoms with E-state index in [9.17, 15) is 17.6 Å². The highest BCUT2D eigenvalue weighted by atomic mass is 32.2. The van der Waals surface area contributed by atoms with Crippen LogP contribution in [0.3, 0.4) is 0 Å². The molecule has 26 heavy (non-hydrogen) atoms. The molecule has 0 spiro atoms. The van der Waals surface area contributed by atoms with Crippen LogP contribution >= 0.6 is 0 Å². The van der Waals surface area contributed by atoms with Gasteiger partial charge in [-0.1, -0.05) is 6.08 Å². The van der Waals surface area contributed by atoms with Gasteiger partial charge in [0.05, 0.1) is 34.6 Å². The molecule has 1 amide bonds. The molecule has 1 fully saturated rings. The van der Waals surface area contributed by atoms with Gasteiger partial charge >= 0.3 is 0 Å². The highest BCUT2D eigenvalue weighted by Crippen LogP contribution is 2.22. The lowest BCUT2D eigenvalue weighted by Gasteiger charge is -2.27. The monoisotopic (exact) mass is 377 g/mol. The number of carbonyl (C=O) groups excluding carboxylic acids is 1. The number of carbonyl (C=O) groups is 1. The molecule has 1 atom stereocenters. The van der Waals surface area contributed by atoms with Crippen LogP contribution in [0.2, 0.25) is 0 Å². The van der Waals surface area contributed by atoms with E-state index in [4.69, 9.17) is 0 Å². The van der Waals surface area contributed by atoms with Crippen LogP contribution < -0.4 is 0 Å². The molecule has 138 valence electrons. The second-order valence-electron chi connectivity index (χ2n) is 6.33. The molecular weight excluding hydrogens is 357 g/mol. The van der Waals surface area contributed by atoms with Crippen LogP contribution in [0.25, 0.3) is 5.69 Å². The van der Waals surface area contributed by atoms with Crippen molar-refractivity contribution in [3.8, 4) is 5.69 Å². The predicted molar refractivity (Wildman–Crippen MR) is 96.6 cm³/mol. The number of hydrogen-bond acceptors (Lipinski definition) is 4. The SMILES string of the molecule is C=CCN(C(=O)c1cnn(-c2ccc(F)cc2)c1C)C1CCS(=O)(=O)C1. The molecule has 1 aliphatic rings. The molecule has 1 saturated heterocycles. The third-order valence-corrected chi connectivity index (χ3v) is 6.30. The van der Waals surface area contributed by atoms with Crippen molar-refractivity contribution >= 4 is 15.7 Å². The van der Waals surface area contributed by atoms with Crippen molar-refractivity contribution in [2.24, 2.45) is 0 Å². The van der Waals surface area contributed by atoms with Crippen molar-refractivity contribution < 1.29 is 17.6 Å². The van der Waals surface area contributed by atoms with Gasteiger partial charge in [0.1, 0.15) is 5.82 Å². The van der Waals surface area contributed by atoms with E-state index in [-0.39, 0.29) is 35.8 Å². The molecular formula is C18H20FN3O3S. The molecule has 6 nitrogen and oxygen atoms in total. The maximum atomic E-state index is 13.1. The largest absolute Gasteiger partial charge is 0.331 e. The maximum Gasteiger partial charge on any atom is 0.257 e. The van der Waals surface area contributed by atoms with Gasteiger partial charge in [-0.3, -0.25) is 4.79 Å². The molecule has 1 aliphatic heterocycles. The average Bonchev–Trinajstić information content (AvgIpc) is 3.15. The Morgan fingerprint density at radius 1 is 1.42 bits per heavy atom. The van der Waals surface area contributed by atoms with E-state index in [0.29, 0.717) is 23.4 Å². The van der Waals surface area contributed by atoms with Crippen molar-refractivity contribution in [3.63, 3.8) is 0 Å². The fourth-order valence-electron chi connectivity index (χ4n) is 3.17. The van der Waals surface area contributed by atoms with E-state index in [1.807, 2.05) is 0 Å². The summed E-state index contributed by atoms with van der Waals surface area (Å²) in [5.74, 6) is -0.572. The smallest absolute Gasteiger partial charge is 0.257 e. The summed E-state index contributed by atoms with van der Waals surface area (Å²) in [6, 6.07) is 5.44. The first-order valence-corrected chi connectivity index (χ1v) is 10.1. The third kappa shape index (κ3) is 3.55. The summed E-state index contributed by atoms with van der Waals surface area (Å²) in [6.07, 6.45) is 3.47. The van der Waals surface area contributed by atoms with Crippen molar-refractivity contribution in [1.29, 1.82) is 0 Å². The van der Waals surface area contributed by atoms with E-state index < -0.39 is 9.84 Å². The zero-order valence-corrected chi connectivity index (χ0v) is 15.2. The summed E-state index contributed by atoms with van der Waals surface area (Å²) < 4.78 is 38.2. The highest BCUT2D eigenvalue weighted by Gasteiger charge is 2.35. The summed E-state index contributed by atoms with van der Waals surface area (Å²) in [6.45, 7) is 5.68.